The number of nitrogens with zero attached hydrogens (tertiary/aromatic N) is 2. The summed E-state index contributed by atoms with van der Waals surface area (Å²) >= 11 is 0. The van der Waals surface area contributed by atoms with Crippen LogP contribution in [-0.2, 0) is 6.42 Å². The third-order valence-electron chi connectivity index (χ3n) is 3.10. The lowest BCUT2D eigenvalue weighted by Gasteiger charge is -1.99. The van der Waals surface area contributed by atoms with Gasteiger partial charge in [-0.25, -0.2) is 4.39 Å². The van der Waals surface area contributed by atoms with E-state index in [1.165, 1.54) is 24.4 Å². The molecule has 3 aromatic rings. The fourth-order valence-corrected chi connectivity index (χ4v) is 2.00. The molecule has 2 aromatic heterocycles. The third kappa shape index (κ3) is 3.49. The van der Waals surface area contributed by atoms with Crippen LogP contribution < -0.4 is 10.9 Å². The highest BCUT2D eigenvalue weighted by Gasteiger charge is 2.12. The first kappa shape index (κ1) is 14.6. The molecule has 116 valence electrons. The second-order valence-corrected chi connectivity index (χ2v) is 4.78. The van der Waals surface area contributed by atoms with Crippen LogP contribution in [0.4, 0.5) is 10.3 Å². The number of carbonyl (C=O) groups is 1. The summed E-state index contributed by atoms with van der Waals surface area (Å²) in [5, 5.41) is 9.00. The fourth-order valence-electron chi connectivity index (χ4n) is 2.00. The Morgan fingerprint density at radius 3 is 2.74 bits per heavy atom. The number of aromatic amines is 2. The molecule has 0 saturated carbocycles. The van der Waals surface area contributed by atoms with Crippen LogP contribution in [0.2, 0.25) is 0 Å². The normalized spacial score (nSPS) is 10.5. The van der Waals surface area contributed by atoms with Crippen LogP contribution in [0, 0.1) is 5.82 Å². The van der Waals surface area contributed by atoms with Crippen molar-refractivity contribution in [1.82, 2.24) is 20.2 Å². The van der Waals surface area contributed by atoms with Gasteiger partial charge in [-0.05, 0) is 29.8 Å². The Morgan fingerprint density at radius 2 is 2.00 bits per heavy atom. The number of carbonyl (C=O) groups excluding carboxylic acids is 1. The molecule has 23 heavy (non-hydrogen) atoms. The molecule has 0 fully saturated rings. The van der Waals surface area contributed by atoms with E-state index in [1.807, 2.05) is 0 Å². The summed E-state index contributed by atoms with van der Waals surface area (Å²) in [7, 11) is 0. The molecular formula is C15H12FN5O2. The van der Waals surface area contributed by atoms with Crippen LogP contribution in [0.15, 0.2) is 47.4 Å². The van der Waals surface area contributed by atoms with E-state index >= 15 is 0 Å². The molecule has 8 heteroatoms. The Labute approximate surface area is 129 Å². The van der Waals surface area contributed by atoms with Gasteiger partial charge >= 0.3 is 0 Å². The minimum Gasteiger partial charge on any atom is -0.328 e. The molecule has 7 nitrogen and oxygen atoms in total. The van der Waals surface area contributed by atoms with Gasteiger partial charge in [0.2, 0.25) is 5.95 Å². The summed E-state index contributed by atoms with van der Waals surface area (Å²) in [5.74, 6) is -0.337. The van der Waals surface area contributed by atoms with E-state index in [4.69, 9.17) is 0 Å². The third-order valence-corrected chi connectivity index (χ3v) is 3.10. The Morgan fingerprint density at radius 1 is 1.22 bits per heavy atom. The van der Waals surface area contributed by atoms with Crippen LogP contribution >= 0.6 is 0 Å². The highest BCUT2D eigenvalue weighted by atomic mass is 19.1. The molecule has 1 aromatic carbocycles. The molecule has 0 spiro atoms. The van der Waals surface area contributed by atoms with Gasteiger partial charge in [0.25, 0.3) is 11.5 Å². The minimum atomic E-state index is -0.598. The minimum absolute atomic E-state index is 0.0302. The van der Waals surface area contributed by atoms with Crippen molar-refractivity contribution in [3.63, 3.8) is 0 Å². The number of benzene rings is 1. The topological polar surface area (TPSA) is 104 Å². The Balaban J connectivity index is 1.70. The standard InChI is InChI=1S/C15H12FN5O2/c16-10-5-3-9(4-6-10)8-12-18-15(21-20-12)19-14(23)11-2-1-7-17-13(11)22/h1-7H,8H2,(H,17,22)(H2,18,19,20,21,23). The molecular weight excluding hydrogens is 301 g/mol. The number of rotatable bonds is 4. The lowest BCUT2D eigenvalue weighted by Crippen LogP contribution is -2.22. The first-order chi connectivity index (χ1) is 11.1. The number of H-pyrrole nitrogens is 2. The molecule has 0 bridgehead atoms. The van der Waals surface area contributed by atoms with Crippen molar-refractivity contribution in [3.8, 4) is 0 Å². The van der Waals surface area contributed by atoms with Crippen molar-refractivity contribution in [2.75, 3.05) is 5.32 Å². The number of anilines is 1. The van der Waals surface area contributed by atoms with Gasteiger partial charge in [0.15, 0.2) is 0 Å². The van der Waals surface area contributed by atoms with E-state index in [2.05, 4.69) is 25.5 Å². The lowest BCUT2D eigenvalue weighted by atomic mass is 10.1. The van der Waals surface area contributed by atoms with Crippen molar-refractivity contribution in [2.24, 2.45) is 0 Å². The number of aromatic nitrogens is 4. The van der Waals surface area contributed by atoms with Crippen LogP contribution in [0.5, 0.6) is 0 Å². The molecule has 3 N–H and O–H groups in total. The molecule has 0 aliphatic carbocycles. The van der Waals surface area contributed by atoms with Gasteiger partial charge in [0.1, 0.15) is 17.2 Å². The van der Waals surface area contributed by atoms with Crippen molar-refractivity contribution < 1.29 is 9.18 Å². The smallest absolute Gasteiger partial charge is 0.263 e. The summed E-state index contributed by atoms with van der Waals surface area (Å²) in [6.07, 6.45) is 1.85. The molecule has 0 aliphatic rings. The maximum absolute atomic E-state index is 12.9. The number of hydrogen-bond acceptors (Lipinski definition) is 4. The van der Waals surface area contributed by atoms with Gasteiger partial charge in [-0.1, -0.05) is 12.1 Å². The summed E-state index contributed by atoms with van der Waals surface area (Å²) in [4.78, 5) is 30.0. The SMILES string of the molecule is O=C(Nc1n[nH]c(Cc2ccc(F)cc2)n1)c1ccc[nH]c1=O. The zero-order chi connectivity index (χ0) is 16.2. The largest absolute Gasteiger partial charge is 0.328 e. The van der Waals surface area contributed by atoms with E-state index in [0.717, 1.165) is 5.56 Å². The second kappa shape index (κ2) is 6.22. The van der Waals surface area contributed by atoms with Gasteiger partial charge in [-0.2, -0.15) is 4.98 Å². The van der Waals surface area contributed by atoms with Gasteiger partial charge in [0, 0.05) is 12.6 Å². The van der Waals surface area contributed by atoms with Gasteiger partial charge in [0.05, 0.1) is 0 Å². The van der Waals surface area contributed by atoms with E-state index in [1.54, 1.807) is 18.2 Å². The first-order valence-corrected chi connectivity index (χ1v) is 6.76. The van der Waals surface area contributed by atoms with E-state index in [-0.39, 0.29) is 17.3 Å². The quantitative estimate of drug-likeness (QED) is 0.678. The molecule has 0 saturated heterocycles. The average Bonchev–Trinajstić information content (AvgIpc) is 2.97. The predicted octanol–water partition coefficient (Wildman–Crippen LogP) is 1.48. The molecule has 0 unspecified atom stereocenters. The highest BCUT2D eigenvalue weighted by Crippen LogP contribution is 2.09. The number of nitrogens with one attached hydrogen (secondary N) is 3. The van der Waals surface area contributed by atoms with Crippen LogP contribution in [-0.4, -0.2) is 26.1 Å². The van der Waals surface area contributed by atoms with E-state index < -0.39 is 11.5 Å². The van der Waals surface area contributed by atoms with Crippen molar-refractivity contribution >= 4 is 11.9 Å². The summed E-state index contributed by atoms with van der Waals surface area (Å²) in [6, 6.07) is 8.94. The van der Waals surface area contributed by atoms with E-state index in [9.17, 15) is 14.0 Å². The molecule has 2 heterocycles. The number of hydrogen-bond donors (Lipinski definition) is 3. The second-order valence-electron chi connectivity index (χ2n) is 4.78. The van der Waals surface area contributed by atoms with Crippen molar-refractivity contribution in [2.45, 2.75) is 6.42 Å². The Hall–Kier alpha value is -3.29. The zero-order valence-corrected chi connectivity index (χ0v) is 11.8. The summed E-state index contributed by atoms with van der Waals surface area (Å²) in [5.41, 5.74) is 0.324. The number of halogens is 1. The van der Waals surface area contributed by atoms with Gasteiger partial charge in [-0.15, -0.1) is 5.10 Å². The van der Waals surface area contributed by atoms with Crippen LogP contribution in [0.1, 0.15) is 21.7 Å². The molecule has 0 radical (unpaired) electrons. The van der Waals surface area contributed by atoms with Crippen LogP contribution in [0.3, 0.4) is 0 Å². The average molecular weight is 313 g/mol. The monoisotopic (exact) mass is 313 g/mol. The lowest BCUT2D eigenvalue weighted by molar-refractivity contribution is 0.102. The maximum atomic E-state index is 12.9. The zero-order valence-electron chi connectivity index (χ0n) is 11.8. The van der Waals surface area contributed by atoms with Gasteiger partial charge < -0.3 is 4.98 Å². The molecule has 0 aliphatic heterocycles. The summed E-state index contributed by atoms with van der Waals surface area (Å²) in [6.45, 7) is 0. The summed E-state index contributed by atoms with van der Waals surface area (Å²) < 4.78 is 12.9. The predicted molar refractivity (Wildman–Crippen MR) is 80.6 cm³/mol. The maximum Gasteiger partial charge on any atom is 0.263 e. The Kier molecular flexibility index (Phi) is 3.96. The van der Waals surface area contributed by atoms with Crippen LogP contribution in [0.25, 0.3) is 0 Å². The molecule has 3 rings (SSSR count). The van der Waals surface area contributed by atoms with Crippen molar-refractivity contribution in [3.05, 3.63) is 75.7 Å². The highest BCUT2D eigenvalue weighted by molar-refractivity contribution is 6.02. The van der Waals surface area contributed by atoms with Crippen molar-refractivity contribution in [1.29, 1.82) is 0 Å². The Bertz CT molecular complexity index is 885. The van der Waals surface area contributed by atoms with Gasteiger partial charge in [-0.3, -0.25) is 20.0 Å². The number of amides is 1. The first-order valence-electron chi connectivity index (χ1n) is 6.76. The van der Waals surface area contributed by atoms with E-state index in [0.29, 0.717) is 12.2 Å². The molecule has 0 atom stereocenters. The fraction of sp³-hybridized carbons (Fsp3) is 0.0667. The molecule has 1 amide bonds. The number of pyridine rings is 1.